The highest BCUT2D eigenvalue weighted by Crippen LogP contribution is 2.34. The monoisotopic (exact) mass is 221 g/mol. The van der Waals surface area contributed by atoms with Crippen LogP contribution in [0.15, 0.2) is 17.5 Å². The summed E-state index contributed by atoms with van der Waals surface area (Å²) in [5, 5.41) is 1.99. The molecule has 2 nitrogen and oxygen atoms in total. The van der Waals surface area contributed by atoms with Crippen molar-refractivity contribution in [1.29, 1.82) is 0 Å². The highest BCUT2D eigenvalue weighted by Gasteiger charge is 2.38. The van der Waals surface area contributed by atoms with Crippen LogP contribution in [-0.4, -0.2) is 30.3 Å². The number of Topliss-reactive ketones (excluding diaryl/α,β-unsaturated/α-hetero) is 1. The predicted molar refractivity (Wildman–Crippen MR) is 61.3 cm³/mol. The van der Waals surface area contributed by atoms with Crippen LogP contribution < -0.4 is 0 Å². The second kappa shape index (κ2) is 3.72. The van der Waals surface area contributed by atoms with Gasteiger partial charge in [0, 0.05) is 12.5 Å². The quantitative estimate of drug-likeness (QED) is 0.714. The lowest BCUT2D eigenvalue weighted by molar-refractivity contribution is 0.0422. The third kappa shape index (κ3) is 1.64. The third-order valence-electron chi connectivity index (χ3n) is 3.76. The lowest BCUT2D eigenvalue weighted by Crippen LogP contribution is -2.49. The predicted octanol–water partition coefficient (Wildman–Crippen LogP) is 2.27. The molecule has 0 amide bonds. The second-order valence-electron chi connectivity index (χ2n) is 4.59. The van der Waals surface area contributed by atoms with E-state index in [-0.39, 0.29) is 5.92 Å². The number of rotatable bonds is 2. The first-order valence-corrected chi connectivity index (χ1v) is 6.52. The summed E-state index contributed by atoms with van der Waals surface area (Å²) in [5.74, 6) is 1.33. The zero-order valence-electron chi connectivity index (χ0n) is 8.69. The number of hydrogen-bond donors (Lipinski definition) is 0. The van der Waals surface area contributed by atoms with Gasteiger partial charge in [0.2, 0.25) is 0 Å². The van der Waals surface area contributed by atoms with Crippen LogP contribution in [0.25, 0.3) is 0 Å². The van der Waals surface area contributed by atoms with Gasteiger partial charge < -0.3 is 4.90 Å². The van der Waals surface area contributed by atoms with E-state index in [0.29, 0.717) is 11.7 Å². The average Bonchev–Trinajstić information content (AvgIpc) is 2.83. The zero-order valence-corrected chi connectivity index (χ0v) is 9.50. The maximum atomic E-state index is 12.2. The molecular weight excluding hydrogens is 206 g/mol. The highest BCUT2D eigenvalue weighted by atomic mass is 32.1. The van der Waals surface area contributed by atoms with Crippen molar-refractivity contribution in [3.05, 3.63) is 22.4 Å². The van der Waals surface area contributed by atoms with Gasteiger partial charge in [0.25, 0.3) is 0 Å². The van der Waals surface area contributed by atoms with E-state index in [1.165, 1.54) is 25.9 Å². The van der Waals surface area contributed by atoms with E-state index in [1.54, 1.807) is 11.3 Å². The Kier molecular flexibility index (Phi) is 2.37. The molecule has 1 atom stereocenters. The van der Waals surface area contributed by atoms with E-state index >= 15 is 0 Å². The molecule has 0 aliphatic carbocycles. The van der Waals surface area contributed by atoms with Crippen molar-refractivity contribution in [2.24, 2.45) is 11.8 Å². The molecule has 0 aromatic carbocycles. The smallest absolute Gasteiger partial charge is 0.177 e. The Labute approximate surface area is 93.9 Å². The van der Waals surface area contributed by atoms with Crippen LogP contribution >= 0.6 is 11.3 Å². The van der Waals surface area contributed by atoms with E-state index in [1.807, 2.05) is 17.5 Å². The molecule has 4 rings (SSSR count). The van der Waals surface area contributed by atoms with Crippen molar-refractivity contribution < 1.29 is 4.79 Å². The molecule has 2 bridgehead atoms. The maximum absolute atomic E-state index is 12.2. The van der Waals surface area contributed by atoms with Gasteiger partial charge in [0.05, 0.1) is 4.88 Å². The fourth-order valence-electron chi connectivity index (χ4n) is 2.86. The van der Waals surface area contributed by atoms with Gasteiger partial charge in [-0.05, 0) is 43.3 Å². The van der Waals surface area contributed by atoms with E-state index in [2.05, 4.69) is 4.90 Å². The summed E-state index contributed by atoms with van der Waals surface area (Å²) >= 11 is 1.58. The molecular formula is C12H15NOS. The van der Waals surface area contributed by atoms with Crippen LogP contribution in [0.5, 0.6) is 0 Å². The Balaban J connectivity index is 1.80. The van der Waals surface area contributed by atoms with Crippen LogP contribution in [0.3, 0.4) is 0 Å². The number of nitrogens with zero attached hydrogens (tertiary/aromatic N) is 1. The maximum Gasteiger partial charge on any atom is 0.177 e. The first kappa shape index (κ1) is 9.55. The van der Waals surface area contributed by atoms with E-state index in [9.17, 15) is 4.79 Å². The molecule has 0 unspecified atom stereocenters. The summed E-state index contributed by atoms with van der Waals surface area (Å²) in [6, 6.07) is 3.93. The van der Waals surface area contributed by atoms with Crippen molar-refractivity contribution in [3.8, 4) is 0 Å². The number of fused-ring (bicyclic) bond motifs is 3. The molecule has 3 aliphatic rings. The second-order valence-corrected chi connectivity index (χ2v) is 5.53. The summed E-state index contributed by atoms with van der Waals surface area (Å²) in [6.07, 6.45) is 2.45. The molecule has 1 aromatic heterocycles. The Bertz CT molecular complexity index is 352. The van der Waals surface area contributed by atoms with Gasteiger partial charge in [0.15, 0.2) is 5.78 Å². The van der Waals surface area contributed by atoms with Crippen LogP contribution in [0, 0.1) is 11.8 Å². The Morgan fingerprint density at radius 3 is 2.73 bits per heavy atom. The molecule has 3 fully saturated rings. The lowest BCUT2D eigenvalue weighted by Gasteiger charge is -2.43. The van der Waals surface area contributed by atoms with Crippen LogP contribution in [0.4, 0.5) is 0 Å². The first-order chi connectivity index (χ1) is 7.34. The molecule has 0 spiro atoms. The summed E-state index contributed by atoms with van der Waals surface area (Å²) in [5.41, 5.74) is 0. The molecule has 80 valence electrons. The fourth-order valence-corrected chi connectivity index (χ4v) is 3.59. The minimum Gasteiger partial charge on any atom is -0.303 e. The van der Waals surface area contributed by atoms with Crippen molar-refractivity contribution in [2.75, 3.05) is 19.6 Å². The molecule has 0 radical (unpaired) electrons. The van der Waals surface area contributed by atoms with Gasteiger partial charge in [-0.2, -0.15) is 0 Å². The third-order valence-corrected chi connectivity index (χ3v) is 4.64. The van der Waals surface area contributed by atoms with E-state index in [4.69, 9.17) is 0 Å². The minimum atomic E-state index is 0.283. The Morgan fingerprint density at radius 2 is 2.20 bits per heavy atom. The number of ketones is 1. The molecule has 0 saturated carbocycles. The first-order valence-electron chi connectivity index (χ1n) is 5.64. The van der Waals surface area contributed by atoms with Crippen LogP contribution in [0.1, 0.15) is 22.5 Å². The largest absolute Gasteiger partial charge is 0.303 e. The molecule has 15 heavy (non-hydrogen) atoms. The molecule has 3 saturated heterocycles. The number of carbonyl (C=O) groups is 1. The molecule has 1 aromatic rings. The summed E-state index contributed by atoms with van der Waals surface area (Å²) in [6.45, 7) is 3.42. The fraction of sp³-hybridized carbons (Fsp3) is 0.583. The molecule has 4 heterocycles. The normalized spacial score (nSPS) is 34.3. The minimum absolute atomic E-state index is 0.283. The highest BCUT2D eigenvalue weighted by molar-refractivity contribution is 7.12. The number of carbonyl (C=O) groups excluding carboxylic acids is 1. The lowest BCUT2D eigenvalue weighted by atomic mass is 9.76. The molecule has 3 aliphatic heterocycles. The van der Waals surface area contributed by atoms with Crippen molar-refractivity contribution in [1.82, 2.24) is 4.90 Å². The Hall–Kier alpha value is -0.670. The zero-order chi connectivity index (χ0) is 10.3. The van der Waals surface area contributed by atoms with Crippen molar-refractivity contribution in [3.63, 3.8) is 0 Å². The van der Waals surface area contributed by atoms with Crippen LogP contribution in [-0.2, 0) is 0 Å². The van der Waals surface area contributed by atoms with Gasteiger partial charge in [-0.1, -0.05) is 6.07 Å². The van der Waals surface area contributed by atoms with Crippen LogP contribution in [0.2, 0.25) is 0 Å². The standard InChI is InChI=1S/C12H15NOS/c14-12(11-2-1-7-15-11)10-8-13-5-3-9(10)4-6-13/h1-2,7,9-10H,3-6,8H2/t10-/m0/s1. The molecule has 3 heteroatoms. The molecule has 0 N–H and O–H groups in total. The average molecular weight is 221 g/mol. The van der Waals surface area contributed by atoms with Crippen molar-refractivity contribution in [2.45, 2.75) is 12.8 Å². The topological polar surface area (TPSA) is 20.3 Å². The Morgan fingerprint density at radius 1 is 1.40 bits per heavy atom. The summed E-state index contributed by atoms with van der Waals surface area (Å²) in [7, 11) is 0. The van der Waals surface area contributed by atoms with Crippen molar-refractivity contribution >= 4 is 17.1 Å². The van der Waals surface area contributed by atoms with E-state index < -0.39 is 0 Å². The van der Waals surface area contributed by atoms with Gasteiger partial charge >= 0.3 is 0 Å². The summed E-state index contributed by atoms with van der Waals surface area (Å²) < 4.78 is 0. The van der Waals surface area contributed by atoms with Gasteiger partial charge in [0.1, 0.15) is 0 Å². The number of thiophene rings is 1. The number of hydrogen-bond acceptors (Lipinski definition) is 3. The van der Waals surface area contributed by atoms with Gasteiger partial charge in [-0.3, -0.25) is 4.79 Å². The van der Waals surface area contributed by atoms with E-state index in [0.717, 1.165) is 11.4 Å². The van der Waals surface area contributed by atoms with Gasteiger partial charge in [-0.25, -0.2) is 0 Å². The van der Waals surface area contributed by atoms with Gasteiger partial charge in [-0.15, -0.1) is 11.3 Å². The number of piperidine rings is 3. The summed E-state index contributed by atoms with van der Waals surface area (Å²) in [4.78, 5) is 15.6. The SMILES string of the molecule is O=C(c1cccs1)[C@H]1CN2CCC1CC2.